The number of hydrogen-bond donors (Lipinski definition) is 1. The van der Waals surface area contributed by atoms with Crippen molar-refractivity contribution < 1.29 is 4.39 Å². The van der Waals surface area contributed by atoms with Crippen molar-refractivity contribution in [1.82, 2.24) is 9.97 Å². The Kier molecular flexibility index (Phi) is 2.41. The van der Waals surface area contributed by atoms with Gasteiger partial charge in [0.05, 0.1) is 16.9 Å². The Morgan fingerprint density at radius 3 is 2.61 bits per heavy atom. The first kappa shape index (κ1) is 10.7. The summed E-state index contributed by atoms with van der Waals surface area (Å²) in [7, 11) is 0. The van der Waals surface area contributed by atoms with Crippen molar-refractivity contribution in [3.8, 4) is 11.3 Å². The second kappa shape index (κ2) is 4.07. The maximum Gasteiger partial charge on any atom is 0.132 e. The summed E-state index contributed by atoms with van der Waals surface area (Å²) >= 11 is 0. The zero-order valence-electron chi connectivity index (χ0n) is 9.47. The molecule has 0 spiro atoms. The minimum Gasteiger partial charge on any atom is -0.397 e. The molecule has 18 heavy (non-hydrogen) atoms. The second-order valence-electron chi connectivity index (χ2n) is 3.95. The summed E-state index contributed by atoms with van der Waals surface area (Å²) in [6.07, 6.45) is 1.40. The molecule has 0 atom stereocenters. The van der Waals surface area contributed by atoms with E-state index >= 15 is 0 Å². The predicted molar refractivity (Wildman–Crippen MR) is 69.3 cm³/mol. The van der Waals surface area contributed by atoms with Crippen LogP contribution in [0.2, 0.25) is 0 Å². The number of anilines is 1. The van der Waals surface area contributed by atoms with Crippen molar-refractivity contribution in [1.29, 1.82) is 0 Å². The number of rotatable bonds is 1. The molecular formula is C14H10FN3. The molecule has 2 N–H and O–H groups in total. The van der Waals surface area contributed by atoms with E-state index in [0.29, 0.717) is 22.5 Å². The van der Waals surface area contributed by atoms with Crippen LogP contribution in [0.25, 0.3) is 22.2 Å². The van der Waals surface area contributed by atoms with Gasteiger partial charge < -0.3 is 5.73 Å². The molecule has 2 aromatic carbocycles. The van der Waals surface area contributed by atoms with Crippen LogP contribution in [-0.2, 0) is 0 Å². The van der Waals surface area contributed by atoms with Gasteiger partial charge in [0.2, 0.25) is 0 Å². The Morgan fingerprint density at radius 2 is 1.78 bits per heavy atom. The first-order valence-electron chi connectivity index (χ1n) is 5.51. The van der Waals surface area contributed by atoms with E-state index in [9.17, 15) is 4.39 Å². The lowest BCUT2D eigenvalue weighted by Gasteiger charge is -2.07. The Hall–Kier alpha value is -2.49. The number of fused-ring (bicyclic) bond motifs is 1. The summed E-state index contributed by atoms with van der Waals surface area (Å²) in [4.78, 5) is 8.31. The van der Waals surface area contributed by atoms with Gasteiger partial charge in [-0.2, -0.15) is 0 Å². The fraction of sp³-hybridized carbons (Fsp3) is 0. The van der Waals surface area contributed by atoms with Gasteiger partial charge in [0.25, 0.3) is 0 Å². The first-order valence-corrected chi connectivity index (χ1v) is 5.51. The molecule has 0 aliphatic heterocycles. The quantitative estimate of drug-likeness (QED) is 0.664. The lowest BCUT2D eigenvalue weighted by Crippen LogP contribution is -1.94. The van der Waals surface area contributed by atoms with E-state index in [2.05, 4.69) is 9.97 Å². The lowest BCUT2D eigenvalue weighted by molar-refractivity contribution is 0.631. The Morgan fingerprint density at radius 1 is 0.944 bits per heavy atom. The van der Waals surface area contributed by atoms with Gasteiger partial charge >= 0.3 is 0 Å². The van der Waals surface area contributed by atoms with Crippen LogP contribution < -0.4 is 5.73 Å². The van der Waals surface area contributed by atoms with E-state index < -0.39 is 0 Å². The maximum absolute atomic E-state index is 13.8. The van der Waals surface area contributed by atoms with Gasteiger partial charge in [-0.3, -0.25) is 0 Å². The van der Waals surface area contributed by atoms with Crippen molar-refractivity contribution in [2.24, 2.45) is 0 Å². The number of nitrogens with two attached hydrogens (primary N) is 1. The predicted octanol–water partition coefficient (Wildman–Crippen LogP) is 3.02. The standard InChI is InChI=1S/C14H10FN3/c15-11-6-2-1-4-9(11)13-10-5-3-7-12(16)14(10)18-8-17-13/h1-8H,16H2. The van der Waals surface area contributed by atoms with Crippen molar-refractivity contribution >= 4 is 16.6 Å². The molecule has 1 aromatic heterocycles. The van der Waals surface area contributed by atoms with Crippen LogP contribution in [0.4, 0.5) is 10.1 Å². The van der Waals surface area contributed by atoms with Gasteiger partial charge in [0.15, 0.2) is 0 Å². The molecule has 0 saturated carbocycles. The van der Waals surface area contributed by atoms with Crippen LogP contribution in [0.1, 0.15) is 0 Å². The van der Waals surface area contributed by atoms with Gasteiger partial charge in [-0.1, -0.05) is 24.3 Å². The topological polar surface area (TPSA) is 51.8 Å². The van der Waals surface area contributed by atoms with Crippen LogP contribution in [-0.4, -0.2) is 9.97 Å². The summed E-state index contributed by atoms with van der Waals surface area (Å²) in [5, 5.41) is 0.752. The highest BCUT2D eigenvalue weighted by Gasteiger charge is 2.11. The SMILES string of the molecule is Nc1cccc2c(-c3ccccc3F)ncnc12. The van der Waals surface area contributed by atoms with Crippen molar-refractivity contribution in [2.45, 2.75) is 0 Å². The van der Waals surface area contributed by atoms with E-state index in [-0.39, 0.29) is 5.82 Å². The molecule has 0 radical (unpaired) electrons. The molecule has 0 unspecified atom stereocenters. The monoisotopic (exact) mass is 239 g/mol. The van der Waals surface area contributed by atoms with Crippen molar-refractivity contribution in [2.75, 3.05) is 5.73 Å². The number of nitrogen functional groups attached to an aromatic ring is 1. The zero-order chi connectivity index (χ0) is 12.5. The number of halogens is 1. The normalized spacial score (nSPS) is 10.7. The van der Waals surface area contributed by atoms with Crippen LogP contribution in [0.5, 0.6) is 0 Å². The summed E-state index contributed by atoms with van der Waals surface area (Å²) in [6.45, 7) is 0. The second-order valence-corrected chi connectivity index (χ2v) is 3.95. The minimum atomic E-state index is -0.306. The summed E-state index contributed by atoms with van der Waals surface area (Å²) in [5.41, 5.74) is 8.08. The van der Waals surface area contributed by atoms with E-state index in [4.69, 9.17) is 5.73 Å². The maximum atomic E-state index is 13.8. The minimum absolute atomic E-state index is 0.306. The fourth-order valence-electron chi connectivity index (χ4n) is 1.98. The number of para-hydroxylation sites is 1. The molecule has 0 aliphatic carbocycles. The molecular weight excluding hydrogens is 229 g/mol. The number of nitrogens with zero attached hydrogens (tertiary/aromatic N) is 2. The fourth-order valence-corrected chi connectivity index (χ4v) is 1.98. The lowest BCUT2D eigenvalue weighted by atomic mass is 10.1. The molecule has 88 valence electrons. The molecule has 1 heterocycles. The third kappa shape index (κ3) is 1.59. The highest BCUT2D eigenvalue weighted by Crippen LogP contribution is 2.29. The average Bonchev–Trinajstić information content (AvgIpc) is 2.40. The summed E-state index contributed by atoms with van der Waals surface area (Å²) in [5.74, 6) is -0.306. The van der Waals surface area contributed by atoms with Crippen molar-refractivity contribution in [3.63, 3.8) is 0 Å². The van der Waals surface area contributed by atoms with Gasteiger partial charge in [-0.15, -0.1) is 0 Å². The Bertz CT molecular complexity index is 725. The van der Waals surface area contributed by atoms with Gasteiger partial charge in [0, 0.05) is 10.9 Å². The van der Waals surface area contributed by atoms with Crippen LogP contribution in [0, 0.1) is 5.82 Å². The molecule has 0 aliphatic rings. The van der Waals surface area contributed by atoms with E-state index in [1.165, 1.54) is 12.4 Å². The first-order chi connectivity index (χ1) is 8.77. The molecule has 3 nitrogen and oxygen atoms in total. The zero-order valence-corrected chi connectivity index (χ0v) is 9.47. The number of aromatic nitrogens is 2. The molecule has 0 saturated heterocycles. The summed E-state index contributed by atoms with van der Waals surface area (Å²) < 4.78 is 13.8. The largest absolute Gasteiger partial charge is 0.397 e. The number of hydrogen-bond acceptors (Lipinski definition) is 3. The third-order valence-corrected chi connectivity index (χ3v) is 2.82. The highest BCUT2D eigenvalue weighted by atomic mass is 19.1. The van der Waals surface area contributed by atoms with Crippen molar-refractivity contribution in [3.05, 3.63) is 54.6 Å². The van der Waals surface area contributed by atoms with Crippen LogP contribution in [0.3, 0.4) is 0 Å². The van der Waals surface area contributed by atoms with E-state index in [0.717, 1.165) is 5.39 Å². The molecule has 0 bridgehead atoms. The van der Waals surface area contributed by atoms with Gasteiger partial charge in [-0.05, 0) is 18.2 Å². The molecule has 3 aromatic rings. The smallest absolute Gasteiger partial charge is 0.132 e. The summed E-state index contributed by atoms with van der Waals surface area (Å²) in [6, 6.07) is 11.9. The van der Waals surface area contributed by atoms with Crippen LogP contribution >= 0.6 is 0 Å². The van der Waals surface area contributed by atoms with E-state index in [1.54, 1.807) is 24.3 Å². The number of benzene rings is 2. The van der Waals surface area contributed by atoms with Crippen LogP contribution in [0.15, 0.2) is 48.8 Å². The van der Waals surface area contributed by atoms with Gasteiger partial charge in [0.1, 0.15) is 12.1 Å². The molecule has 3 rings (SSSR count). The van der Waals surface area contributed by atoms with Gasteiger partial charge in [-0.25, -0.2) is 14.4 Å². The molecule has 0 amide bonds. The van der Waals surface area contributed by atoms with E-state index in [1.807, 2.05) is 12.1 Å². The Balaban J connectivity index is 2.37. The molecule has 4 heteroatoms. The third-order valence-electron chi connectivity index (χ3n) is 2.82. The molecule has 0 fully saturated rings. The average molecular weight is 239 g/mol. The highest BCUT2D eigenvalue weighted by molar-refractivity contribution is 5.98. The Labute approximate surface area is 103 Å².